The summed E-state index contributed by atoms with van der Waals surface area (Å²) in [5.74, 6) is -3.01. The van der Waals surface area contributed by atoms with Crippen molar-refractivity contribution in [1.82, 2.24) is 0 Å². The average molecular weight is 222 g/mol. The highest BCUT2D eigenvalue weighted by molar-refractivity contribution is 5.78. The second kappa shape index (κ2) is 5.30. The van der Waals surface area contributed by atoms with Crippen molar-refractivity contribution in [3.05, 3.63) is 35.4 Å². The molecular weight excluding hydrogens is 208 g/mol. The first kappa shape index (κ1) is 12.2. The van der Waals surface area contributed by atoms with E-state index in [1.165, 1.54) is 0 Å². The lowest BCUT2D eigenvalue weighted by molar-refractivity contribution is -0.148. The summed E-state index contributed by atoms with van der Waals surface area (Å²) in [5.41, 5.74) is 1.89. The van der Waals surface area contributed by atoms with E-state index in [2.05, 4.69) is 0 Å². The first-order chi connectivity index (χ1) is 7.49. The highest BCUT2D eigenvalue weighted by atomic mass is 16.4. The number of carboxylic acids is 2. The number of aliphatic carboxylic acids is 2. The van der Waals surface area contributed by atoms with Gasteiger partial charge in [-0.1, -0.05) is 29.8 Å². The minimum absolute atomic E-state index is 0.253. The fourth-order valence-corrected chi connectivity index (χ4v) is 1.58. The van der Waals surface area contributed by atoms with Crippen LogP contribution in [-0.2, 0) is 16.0 Å². The number of aryl methyl sites for hydroxylation is 1. The zero-order chi connectivity index (χ0) is 12.1. The Hall–Kier alpha value is -1.84. The number of carboxylic acid groups (broad SMARTS) is 2. The quantitative estimate of drug-likeness (QED) is 0.795. The Morgan fingerprint density at radius 3 is 2.50 bits per heavy atom. The molecule has 2 N–H and O–H groups in total. The first-order valence-corrected chi connectivity index (χ1v) is 4.99. The van der Waals surface area contributed by atoms with Crippen molar-refractivity contribution in [1.29, 1.82) is 0 Å². The van der Waals surface area contributed by atoms with Crippen molar-refractivity contribution in [2.75, 3.05) is 0 Å². The Bertz CT molecular complexity index is 398. The molecular formula is C12H14O4. The molecule has 0 amide bonds. The van der Waals surface area contributed by atoms with Crippen molar-refractivity contribution in [2.24, 2.45) is 5.92 Å². The lowest BCUT2D eigenvalue weighted by atomic mass is 9.95. The van der Waals surface area contributed by atoms with Crippen molar-refractivity contribution in [2.45, 2.75) is 19.8 Å². The van der Waals surface area contributed by atoms with Crippen molar-refractivity contribution >= 4 is 11.9 Å². The first-order valence-electron chi connectivity index (χ1n) is 4.99. The maximum atomic E-state index is 10.9. The highest BCUT2D eigenvalue weighted by Gasteiger charge is 2.21. The number of benzene rings is 1. The van der Waals surface area contributed by atoms with Gasteiger partial charge >= 0.3 is 11.9 Å². The summed E-state index contributed by atoms with van der Waals surface area (Å²) < 4.78 is 0. The molecule has 0 saturated carbocycles. The molecule has 0 aromatic heterocycles. The molecule has 0 saturated heterocycles. The maximum Gasteiger partial charge on any atom is 0.307 e. The summed E-state index contributed by atoms with van der Waals surface area (Å²) in [5, 5.41) is 17.5. The Morgan fingerprint density at radius 2 is 2.00 bits per heavy atom. The summed E-state index contributed by atoms with van der Waals surface area (Å²) in [6, 6.07) is 7.43. The van der Waals surface area contributed by atoms with Gasteiger partial charge in [0, 0.05) is 0 Å². The van der Waals surface area contributed by atoms with Gasteiger partial charge in [-0.2, -0.15) is 0 Å². The molecule has 0 unspecified atom stereocenters. The summed E-state index contributed by atoms with van der Waals surface area (Å²) in [6.07, 6.45) is -0.0907. The molecule has 0 bridgehead atoms. The summed E-state index contributed by atoms with van der Waals surface area (Å²) >= 11 is 0. The van der Waals surface area contributed by atoms with Crippen LogP contribution in [0.4, 0.5) is 0 Å². The third-order valence-electron chi connectivity index (χ3n) is 2.33. The molecule has 1 aromatic rings. The standard InChI is InChI=1S/C12H14O4/c1-8-3-2-4-9(5-8)6-10(12(15)16)7-11(13)14/h2-5,10H,6-7H2,1H3,(H,13,14)(H,15,16)/t10-/m1/s1. The Morgan fingerprint density at radius 1 is 1.31 bits per heavy atom. The van der Waals surface area contributed by atoms with Gasteiger partial charge in [0.2, 0.25) is 0 Å². The molecule has 4 heteroatoms. The molecule has 16 heavy (non-hydrogen) atoms. The van der Waals surface area contributed by atoms with Crippen LogP contribution in [0.25, 0.3) is 0 Å². The molecule has 1 rings (SSSR count). The molecule has 1 aromatic carbocycles. The van der Waals surface area contributed by atoms with Crippen LogP contribution in [0.2, 0.25) is 0 Å². The van der Waals surface area contributed by atoms with E-state index < -0.39 is 17.9 Å². The molecule has 0 aliphatic heterocycles. The fraction of sp³-hybridized carbons (Fsp3) is 0.333. The lowest BCUT2D eigenvalue weighted by Gasteiger charge is -2.10. The van der Waals surface area contributed by atoms with Crippen LogP contribution in [0.5, 0.6) is 0 Å². The molecule has 0 heterocycles. The van der Waals surface area contributed by atoms with Crippen LogP contribution >= 0.6 is 0 Å². The second-order valence-corrected chi connectivity index (χ2v) is 3.83. The highest BCUT2D eigenvalue weighted by Crippen LogP contribution is 2.14. The minimum atomic E-state index is -1.08. The summed E-state index contributed by atoms with van der Waals surface area (Å²) in [7, 11) is 0. The number of hydrogen-bond donors (Lipinski definition) is 2. The minimum Gasteiger partial charge on any atom is -0.481 e. The molecule has 4 nitrogen and oxygen atoms in total. The molecule has 0 radical (unpaired) electrons. The molecule has 0 aliphatic rings. The van der Waals surface area contributed by atoms with Crippen LogP contribution in [0, 0.1) is 12.8 Å². The summed E-state index contributed by atoms with van der Waals surface area (Å²) in [4.78, 5) is 21.4. The molecule has 1 atom stereocenters. The van der Waals surface area contributed by atoms with E-state index >= 15 is 0 Å². The van der Waals surface area contributed by atoms with E-state index in [1.54, 1.807) is 0 Å². The zero-order valence-corrected chi connectivity index (χ0v) is 9.01. The Kier molecular flexibility index (Phi) is 4.05. The van der Waals surface area contributed by atoms with Crippen molar-refractivity contribution in [3.8, 4) is 0 Å². The third kappa shape index (κ3) is 3.73. The molecule has 86 valence electrons. The molecule has 0 fully saturated rings. The SMILES string of the molecule is Cc1cccc(C[C@H](CC(=O)O)C(=O)O)c1. The van der Waals surface area contributed by atoms with Crippen LogP contribution in [0.3, 0.4) is 0 Å². The smallest absolute Gasteiger partial charge is 0.307 e. The largest absolute Gasteiger partial charge is 0.481 e. The van der Waals surface area contributed by atoms with Crippen molar-refractivity contribution < 1.29 is 19.8 Å². The van der Waals surface area contributed by atoms with E-state index in [9.17, 15) is 9.59 Å². The van der Waals surface area contributed by atoms with Gasteiger partial charge in [-0.15, -0.1) is 0 Å². The third-order valence-corrected chi connectivity index (χ3v) is 2.33. The van der Waals surface area contributed by atoms with Crippen molar-refractivity contribution in [3.63, 3.8) is 0 Å². The van der Waals surface area contributed by atoms with E-state index in [0.717, 1.165) is 11.1 Å². The van der Waals surface area contributed by atoms with E-state index in [0.29, 0.717) is 0 Å². The fourth-order valence-electron chi connectivity index (χ4n) is 1.58. The van der Waals surface area contributed by atoms with E-state index in [4.69, 9.17) is 10.2 Å². The predicted octanol–water partition coefficient (Wildman–Crippen LogP) is 1.71. The normalized spacial score (nSPS) is 12.1. The number of hydrogen-bond acceptors (Lipinski definition) is 2. The number of rotatable bonds is 5. The van der Waals surface area contributed by atoms with Gasteiger partial charge in [0.05, 0.1) is 12.3 Å². The molecule has 0 aliphatic carbocycles. The summed E-state index contributed by atoms with van der Waals surface area (Å²) in [6.45, 7) is 1.91. The van der Waals surface area contributed by atoms with Crippen LogP contribution in [-0.4, -0.2) is 22.2 Å². The molecule has 0 spiro atoms. The second-order valence-electron chi connectivity index (χ2n) is 3.83. The van der Waals surface area contributed by atoms with Crippen LogP contribution in [0.15, 0.2) is 24.3 Å². The van der Waals surface area contributed by atoms with E-state index in [1.807, 2.05) is 31.2 Å². The number of carbonyl (C=O) groups is 2. The predicted molar refractivity (Wildman–Crippen MR) is 58.3 cm³/mol. The zero-order valence-electron chi connectivity index (χ0n) is 9.01. The lowest BCUT2D eigenvalue weighted by Crippen LogP contribution is -2.20. The Labute approximate surface area is 93.5 Å². The van der Waals surface area contributed by atoms with E-state index in [-0.39, 0.29) is 12.8 Å². The topological polar surface area (TPSA) is 74.6 Å². The Balaban J connectivity index is 2.75. The average Bonchev–Trinajstić information content (AvgIpc) is 2.15. The van der Waals surface area contributed by atoms with Gasteiger partial charge in [0.15, 0.2) is 0 Å². The van der Waals surface area contributed by atoms with Gasteiger partial charge in [-0.25, -0.2) is 0 Å². The van der Waals surface area contributed by atoms with Crippen LogP contribution < -0.4 is 0 Å². The van der Waals surface area contributed by atoms with Gasteiger partial charge in [-0.05, 0) is 18.9 Å². The van der Waals surface area contributed by atoms with Gasteiger partial charge in [0.1, 0.15) is 0 Å². The van der Waals surface area contributed by atoms with Gasteiger partial charge < -0.3 is 10.2 Å². The maximum absolute atomic E-state index is 10.9. The van der Waals surface area contributed by atoms with Gasteiger partial charge in [0.25, 0.3) is 0 Å². The van der Waals surface area contributed by atoms with Crippen LogP contribution in [0.1, 0.15) is 17.5 Å². The van der Waals surface area contributed by atoms with Gasteiger partial charge in [-0.3, -0.25) is 9.59 Å². The monoisotopic (exact) mass is 222 g/mol.